The van der Waals surface area contributed by atoms with Gasteiger partial charge in [-0.15, -0.1) is 0 Å². The molecule has 0 radical (unpaired) electrons. The van der Waals surface area contributed by atoms with Gasteiger partial charge in [-0.05, 0) is 31.0 Å². The van der Waals surface area contributed by atoms with Gasteiger partial charge in [0.1, 0.15) is 0 Å². The van der Waals surface area contributed by atoms with Gasteiger partial charge in [-0.25, -0.2) is 0 Å². The summed E-state index contributed by atoms with van der Waals surface area (Å²) in [5, 5.41) is 3.94. The number of benzene rings is 1. The summed E-state index contributed by atoms with van der Waals surface area (Å²) in [6.07, 6.45) is 4.52. The van der Waals surface area contributed by atoms with Gasteiger partial charge in [0.05, 0.1) is 10.6 Å². The molecule has 1 amide bonds. The molecule has 0 unspecified atom stereocenters. The fourth-order valence-electron chi connectivity index (χ4n) is 2.01. The van der Waals surface area contributed by atoms with Crippen LogP contribution in [-0.4, -0.2) is 11.9 Å². The van der Waals surface area contributed by atoms with Crippen LogP contribution >= 0.6 is 23.2 Å². The minimum absolute atomic E-state index is 0.103. The first kappa shape index (κ1) is 11.7. The van der Waals surface area contributed by atoms with Crippen LogP contribution in [0.4, 0.5) is 0 Å². The summed E-state index contributed by atoms with van der Waals surface area (Å²) >= 11 is 11.7. The Balaban J connectivity index is 2.08. The lowest BCUT2D eigenvalue weighted by Crippen LogP contribution is -2.32. The fourth-order valence-corrected chi connectivity index (χ4v) is 2.50. The van der Waals surface area contributed by atoms with Gasteiger partial charge < -0.3 is 5.32 Å². The van der Waals surface area contributed by atoms with E-state index in [-0.39, 0.29) is 5.91 Å². The van der Waals surface area contributed by atoms with E-state index >= 15 is 0 Å². The highest BCUT2D eigenvalue weighted by Gasteiger charge is 2.19. The van der Waals surface area contributed by atoms with E-state index < -0.39 is 0 Å². The van der Waals surface area contributed by atoms with E-state index in [1.165, 1.54) is 12.8 Å². The van der Waals surface area contributed by atoms with Gasteiger partial charge in [-0.2, -0.15) is 0 Å². The van der Waals surface area contributed by atoms with Crippen molar-refractivity contribution in [3.8, 4) is 0 Å². The summed E-state index contributed by atoms with van der Waals surface area (Å²) in [7, 11) is 0. The maximum absolute atomic E-state index is 11.9. The first-order valence-electron chi connectivity index (χ1n) is 5.43. The highest BCUT2D eigenvalue weighted by Crippen LogP contribution is 2.22. The molecule has 0 atom stereocenters. The molecule has 1 aliphatic rings. The van der Waals surface area contributed by atoms with Crippen LogP contribution in [0.15, 0.2) is 18.2 Å². The van der Waals surface area contributed by atoms with Crippen LogP contribution in [0, 0.1) is 0 Å². The van der Waals surface area contributed by atoms with Crippen molar-refractivity contribution in [2.24, 2.45) is 0 Å². The monoisotopic (exact) mass is 257 g/mol. The molecule has 16 heavy (non-hydrogen) atoms. The Hall–Kier alpha value is -0.730. The summed E-state index contributed by atoms with van der Waals surface area (Å²) in [4.78, 5) is 11.9. The highest BCUT2D eigenvalue weighted by molar-refractivity contribution is 6.36. The van der Waals surface area contributed by atoms with E-state index in [0.29, 0.717) is 21.7 Å². The van der Waals surface area contributed by atoms with Crippen LogP contribution in [0.3, 0.4) is 0 Å². The predicted molar refractivity (Wildman–Crippen MR) is 66.2 cm³/mol. The summed E-state index contributed by atoms with van der Waals surface area (Å²) in [6.45, 7) is 0. The summed E-state index contributed by atoms with van der Waals surface area (Å²) < 4.78 is 0. The van der Waals surface area contributed by atoms with Gasteiger partial charge in [0.2, 0.25) is 0 Å². The van der Waals surface area contributed by atoms with Gasteiger partial charge in [-0.1, -0.05) is 36.0 Å². The topological polar surface area (TPSA) is 29.1 Å². The zero-order valence-electron chi connectivity index (χ0n) is 8.80. The van der Waals surface area contributed by atoms with E-state index in [4.69, 9.17) is 23.2 Å². The number of amides is 1. The first-order valence-corrected chi connectivity index (χ1v) is 6.18. The Bertz CT molecular complexity index is 400. The van der Waals surface area contributed by atoms with Crippen LogP contribution in [0.2, 0.25) is 10.0 Å². The van der Waals surface area contributed by atoms with Gasteiger partial charge in [0, 0.05) is 11.1 Å². The molecule has 1 aromatic carbocycles. The Morgan fingerprint density at radius 3 is 2.56 bits per heavy atom. The Morgan fingerprint density at radius 2 is 1.94 bits per heavy atom. The smallest absolute Gasteiger partial charge is 0.253 e. The number of hydrogen-bond donors (Lipinski definition) is 1. The van der Waals surface area contributed by atoms with Crippen molar-refractivity contribution in [1.29, 1.82) is 0 Å². The molecular formula is C12H13Cl2NO. The maximum atomic E-state index is 11.9. The van der Waals surface area contributed by atoms with Crippen LogP contribution < -0.4 is 5.32 Å². The molecule has 0 bridgehead atoms. The number of rotatable bonds is 2. The molecule has 0 spiro atoms. The molecule has 1 fully saturated rings. The normalized spacial score (nSPS) is 16.4. The largest absolute Gasteiger partial charge is 0.349 e. The Labute approximate surface area is 105 Å². The van der Waals surface area contributed by atoms with Crippen molar-refractivity contribution >= 4 is 29.1 Å². The molecule has 86 valence electrons. The van der Waals surface area contributed by atoms with E-state index in [2.05, 4.69) is 5.32 Å². The Kier molecular flexibility index (Phi) is 3.72. The third kappa shape index (κ3) is 2.69. The molecule has 1 saturated carbocycles. The fraction of sp³-hybridized carbons (Fsp3) is 0.417. The highest BCUT2D eigenvalue weighted by atomic mass is 35.5. The second-order valence-corrected chi connectivity index (χ2v) is 4.92. The van der Waals surface area contributed by atoms with Gasteiger partial charge >= 0.3 is 0 Å². The molecular weight excluding hydrogens is 245 g/mol. The number of carbonyl (C=O) groups excluding carboxylic acids is 1. The van der Waals surface area contributed by atoms with Crippen molar-refractivity contribution in [2.75, 3.05) is 0 Å². The number of halogens is 2. The van der Waals surface area contributed by atoms with Crippen LogP contribution in [0.5, 0.6) is 0 Å². The molecule has 0 aromatic heterocycles. The molecule has 0 saturated heterocycles. The van der Waals surface area contributed by atoms with Gasteiger partial charge in [0.25, 0.3) is 5.91 Å². The van der Waals surface area contributed by atoms with Gasteiger partial charge in [-0.3, -0.25) is 4.79 Å². The third-order valence-electron chi connectivity index (χ3n) is 2.87. The number of carbonyl (C=O) groups is 1. The first-order chi connectivity index (χ1) is 7.66. The third-order valence-corrected chi connectivity index (χ3v) is 3.41. The SMILES string of the molecule is O=C(NC1CCCC1)c1ccc(Cl)cc1Cl. The van der Waals surface area contributed by atoms with Crippen molar-refractivity contribution < 1.29 is 4.79 Å². The van der Waals surface area contributed by atoms with Gasteiger partial charge in [0.15, 0.2) is 0 Å². The van der Waals surface area contributed by atoms with Crippen LogP contribution in [0.25, 0.3) is 0 Å². The summed E-state index contributed by atoms with van der Waals surface area (Å²) in [5.41, 5.74) is 0.498. The zero-order chi connectivity index (χ0) is 11.5. The lowest BCUT2D eigenvalue weighted by molar-refractivity contribution is 0.0938. The number of nitrogens with one attached hydrogen (secondary N) is 1. The minimum atomic E-state index is -0.103. The molecule has 2 nitrogen and oxygen atoms in total. The number of hydrogen-bond acceptors (Lipinski definition) is 1. The molecule has 2 rings (SSSR count). The van der Waals surface area contributed by atoms with Crippen LogP contribution in [0.1, 0.15) is 36.0 Å². The average Bonchev–Trinajstić information content (AvgIpc) is 2.70. The maximum Gasteiger partial charge on any atom is 0.253 e. The Morgan fingerprint density at radius 1 is 1.25 bits per heavy atom. The van der Waals surface area contributed by atoms with E-state index in [9.17, 15) is 4.79 Å². The van der Waals surface area contributed by atoms with E-state index in [1.807, 2.05) is 0 Å². The standard InChI is InChI=1S/C12H13Cl2NO/c13-8-5-6-10(11(14)7-8)12(16)15-9-3-1-2-4-9/h5-7,9H,1-4H2,(H,15,16). The quantitative estimate of drug-likeness (QED) is 0.861. The predicted octanol–water partition coefficient (Wildman–Crippen LogP) is 3.67. The lowest BCUT2D eigenvalue weighted by atomic mass is 10.2. The molecule has 4 heteroatoms. The summed E-state index contributed by atoms with van der Waals surface area (Å²) in [5.74, 6) is -0.103. The van der Waals surface area contributed by atoms with E-state index in [0.717, 1.165) is 12.8 Å². The van der Waals surface area contributed by atoms with Crippen molar-refractivity contribution in [3.63, 3.8) is 0 Å². The zero-order valence-corrected chi connectivity index (χ0v) is 10.3. The molecule has 1 aromatic rings. The van der Waals surface area contributed by atoms with E-state index in [1.54, 1.807) is 18.2 Å². The molecule has 1 N–H and O–H groups in total. The van der Waals surface area contributed by atoms with Crippen molar-refractivity contribution in [3.05, 3.63) is 33.8 Å². The minimum Gasteiger partial charge on any atom is -0.349 e. The van der Waals surface area contributed by atoms with Crippen molar-refractivity contribution in [2.45, 2.75) is 31.7 Å². The molecule has 1 aliphatic carbocycles. The second-order valence-electron chi connectivity index (χ2n) is 4.08. The molecule has 0 heterocycles. The van der Waals surface area contributed by atoms with Crippen molar-refractivity contribution in [1.82, 2.24) is 5.32 Å². The summed E-state index contributed by atoms with van der Waals surface area (Å²) in [6, 6.07) is 5.23. The lowest BCUT2D eigenvalue weighted by Gasteiger charge is -2.12. The molecule has 0 aliphatic heterocycles. The average molecular weight is 258 g/mol. The second kappa shape index (κ2) is 5.07. The van der Waals surface area contributed by atoms with Crippen LogP contribution in [-0.2, 0) is 0 Å².